The van der Waals surface area contributed by atoms with Crippen molar-refractivity contribution in [1.29, 1.82) is 0 Å². The van der Waals surface area contributed by atoms with E-state index in [0.29, 0.717) is 18.1 Å². The first-order valence-electron chi connectivity index (χ1n) is 10.6. The minimum atomic E-state index is -0.300. The van der Waals surface area contributed by atoms with Gasteiger partial charge in [0.15, 0.2) is 0 Å². The van der Waals surface area contributed by atoms with E-state index >= 15 is 0 Å². The molecule has 0 unspecified atom stereocenters. The Morgan fingerprint density at radius 3 is 2.55 bits per heavy atom. The predicted molar refractivity (Wildman–Crippen MR) is 120 cm³/mol. The summed E-state index contributed by atoms with van der Waals surface area (Å²) < 4.78 is 13.4. The highest BCUT2D eigenvalue weighted by Crippen LogP contribution is 2.20. The molecule has 1 aliphatic heterocycles. The zero-order valence-electron chi connectivity index (χ0n) is 17.4. The van der Waals surface area contributed by atoms with Crippen molar-refractivity contribution in [3.63, 3.8) is 0 Å². The molecule has 1 fully saturated rings. The normalized spacial score (nSPS) is 13.8. The van der Waals surface area contributed by atoms with Crippen LogP contribution in [0.2, 0.25) is 0 Å². The van der Waals surface area contributed by atoms with Crippen LogP contribution in [-0.2, 0) is 0 Å². The van der Waals surface area contributed by atoms with Crippen LogP contribution in [0.3, 0.4) is 0 Å². The molecule has 0 spiro atoms. The molecule has 1 saturated heterocycles. The number of hydrogen-bond donors (Lipinski definition) is 2. The quantitative estimate of drug-likeness (QED) is 0.535. The van der Waals surface area contributed by atoms with Crippen molar-refractivity contribution < 1.29 is 9.18 Å². The summed E-state index contributed by atoms with van der Waals surface area (Å²) in [7, 11) is 0. The van der Waals surface area contributed by atoms with Crippen LogP contribution in [0.5, 0.6) is 0 Å². The molecule has 2 heterocycles. The minimum Gasteiger partial charge on any atom is -0.352 e. The number of likely N-dealkylation sites (tertiary alicyclic amines) is 1. The van der Waals surface area contributed by atoms with Crippen LogP contribution in [0.25, 0.3) is 11.1 Å². The Bertz CT molecular complexity index is 1020. The maximum absolute atomic E-state index is 13.4. The lowest BCUT2D eigenvalue weighted by Crippen LogP contribution is -2.28. The summed E-state index contributed by atoms with van der Waals surface area (Å²) in [6.07, 6.45) is 6.80. The molecule has 0 aliphatic carbocycles. The summed E-state index contributed by atoms with van der Waals surface area (Å²) in [5.41, 5.74) is 2.76. The molecule has 2 N–H and O–H groups in total. The fourth-order valence-corrected chi connectivity index (χ4v) is 3.69. The number of nitrogens with zero attached hydrogens (tertiary/aromatic N) is 3. The van der Waals surface area contributed by atoms with Crippen molar-refractivity contribution in [3.05, 3.63) is 72.3 Å². The smallest absolute Gasteiger partial charge is 0.251 e. The first-order valence-corrected chi connectivity index (χ1v) is 10.6. The van der Waals surface area contributed by atoms with Gasteiger partial charge in [0.1, 0.15) is 5.82 Å². The highest BCUT2D eigenvalue weighted by Gasteiger charge is 2.11. The Labute approximate surface area is 181 Å². The third kappa shape index (κ3) is 5.86. The van der Waals surface area contributed by atoms with E-state index in [2.05, 4.69) is 25.5 Å². The van der Waals surface area contributed by atoms with Gasteiger partial charge in [0, 0.05) is 35.8 Å². The van der Waals surface area contributed by atoms with Gasteiger partial charge in [-0.25, -0.2) is 14.4 Å². The Morgan fingerprint density at radius 2 is 1.77 bits per heavy atom. The molecule has 0 saturated carbocycles. The molecule has 1 aromatic heterocycles. The van der Waals surface area contributed by atoms with Crippen LogP contribution in [0.4, 0.5) is 16.0 Å². The zero-order chi connectivity index (χ0) is 21.5. The Kier molecular flexibility index (Phi) is 6.84. The van der Waals surface area contributed by atoms with Crippen molar-refractivity contribution >= 4 is 17.5 Å². The maximum Gasteiger partial charge on any atom is 0.251 e. The van der Waals surface area contributed by atoms with Gasteiger partial charge in [0.05, 0.1) is 0 Å². The maximum atomic E-state index is 13.4. The number of nitrogens with one attached hydrogen (secondary N) is 2. The monoisotopic (exact) mass is 419 g/mol. The van der Waals surface area contributed by atoms with E-state index in [9.17, 15) is 9.18 Å². The summed E-state index contributed by atoms with van der Waals surface area (Å²) in [6, 6.07) is 13.5. The summed E-state index contributed by atoms with van der Waals surface area (Å²) in [6.45, 7) is 4.04. The van der Waals surface area contributed by atoms with Crippen LogP contribution in [0, 0.1) is 5.82 Å². The van der Waals surface area contributed by atoms with Crippen molar-refractivity contribution in [1.82, 2.24) is 20.2 Å². The summed E-state index contributed by atoms with van der Waals surface area (Å²) in [4.78, 5) is 23.5. The number of halogens is 1. The number of rotatable bonds is 8. The van der Waals surface area contributed by atoms with E-state index < -0.39 is 0 Å². The molecule has 0 bridgehead atoms. The standard InChI is InChI=1S/C24H26FN5O/c25-21-8-3-6-18(14-21)20-16-27-24(28-17-20)29-22-9-4-7-19(15-22)23(31)26-10-5-13-30-11-1-2-12-30/h3-4,6-9,14-17H,1-2,5,10-13H2,(H,26,31)(H,27,28,29). The Morgan fingerprint density at radius 1 is 1.00 bits per heavy atom. The van der Waals surface area contributed by atoms with Gasteiger partial charge in [0.2, 0.25) is 5.95 Å². The molecule has 4 rings (SSSR count). The minimum absolute atomic E-state index is 0.0903. The van der Waals surface area contributed by atoms with Gasteiger partial charge in [-0.05, 0) is 74.8 Å². The van der Waals surface area contributed by atoms with Crippen LogP contribution in [0.15, 0.2) is 60.9 Å². The van der Waals surface area contributed by atoms with Gasteiger partial charge < -0.3 is 15.5 Å². The van der Waals surface area contributed by atoms with E-state index in [4.69, 9.17) is 0 Å². The summed E-state index contributed by atoms with van der Waals surface area (Å²) >= 11 is 0. The van der Waals surface area contributed by atoms with Gasteiger partial charge in [-0.3, -0.25) is 4.79 Å². The van der Waals surface area contributed by atoms with Gasteiger partial charge in [-0.2, -0.15) is 0 Å². The number of amides is 1. The SMILES string of the molecule is O=C(NCCCN1CCCC1)c1cccc(Nc2ncc(-c3cccc(F)c3)cn2)c1. The van der Waals surface area contributed by atoms with E-state index in [0.717, 1.165) is 29.8 Å². The second kappa shape index (κ2) is 10.1. The zero-order valence-corrected chi connectivity index (χ0v) is 17.4. The largest absolute Gasteiger partial charge is 0.352 e. The van der Waals surface area contributed by atoms with Crippen LogP contribution in [-0.4, -0.2) is 47.0 Å². The molecular formula is C24H26FN5O. The molecule has 0 atom stereocenters. The number of hydrogen-bond acceptors (Lipinski definition) is 5. The topological polar surface area (TPSA) is 70.2 Å². The lowest BCUT2D eigenvalue weighted by Gasteiger charge is -2.14. The second-order valence-electron chi connectivity index (χ2n) is 7.67. The van der Waals surface area contributed by atoms with Gasteiger partial charge in [-0.15, -0.1) is 0 Å². The lowest BCUT2D eigenvalue weighted by atomic mass is 10.1. The van der Waals surface area contributed by atoms with Crippen molar-refractivity contribution in [3.8, 4) is 11.1 Å². The molecule has 6 nitrogen and oxygen atoms in total. The third-order valence-electron chi connectivity index (χ3n) is 5.33. The van der Waals surface area contributed by atoms with Crippen molar-refractivity contribution in [2.75, 3.05) is 31.5 Å². The van der Waals surface area contributed by atoms with E-state index in [1.54, 1.807) is 30.6 Å². The number of benzene rings is 2. The average Bonchev–Trinajstić information content (AvgIpc) is 3.31. The number of carbonyl (C=O) groups is 1. The van der Waals surface area contributed by atoms with E-state index in [-0.39, 0.29) is 11.7 Å². The molecule has 1 amide bonds. The number of carbonyl (C=O) groups excluding carboxylic acids is 1. The van der Waals surface area contributed by atoms with Crippen LogP contribution < -0.4 is 10.6 Å². The van der Waals surface area contributed by atoms with Crippen LogP contribution >= 0.6 is 0 Å². The second-order valence-corrected chi connectivity index (χ2v) is 7.67. The predicted octanol–water partition coefficient (Wildman–Crippen LogP) is 4.24. The van der Waals surface area contributed by atoms with Crippen molar-refractivity contribution in [2.24, 2.45) is 0 Å². The fraction of sp³-hybridized carbons (Fsp3) is 0.292. The Hall–Kier alpha value is -3.32. The van der Waals surface area contributed by atoms with E-state index in [1.807, 2.05) is 18.2 Å². The van der Waals surface area contributed by atoms with Crippen molar-refractivity contribution in [2.45, 2.75) is 19.3 Å². The molecule has 2 aromatic carbocycles. The molecular weight excluding hydrogens is 393 g/mol. The molecule has 3 aromatic rings. The Balaban J connectivity index is 1.32. The first-order chi connectivity index (χ1) is 15.2. The molecule has 31 heavy (non-hydrogen) atoms. The molecule has 0 radical (unpaired) electrons. The molecule has 160 valence electrons. The van der Waals surface area contributed by atoms with Crippen LogP contribution in [0.1, 0.15) is 29.6 Å². The molecule has 1 aliphatic rings. The van der Waals surface area contributed by atoms with E-state index in [1.165, 1.54) is 38.1 Å². The average molecular weight is 420 g/mol. The lowest BCUT2D eigenvalue weighted by molar-refractivity contribution is 0.0952. The summed E-state index contributed by atoms with van der Waals surface area (Å²) in [5, 5.41) is 6.10. The van der Waals surface area contributed by atoms with Gasteiger partial charge in [-0.1, -0.05) is 18.2 Å². The van der Waals surface area contributed by atoms with Gasteiger partial charge in [0.25, 0.3) is 5.91 Å². The first kappa shape index (κ1) is 20.9. The number of anilines is 2. The van der Waals surface area contributed by atoms with Gasteiger partial charge >= 0.3 is 0 Å². The highest BCUT2D eigenvalue weighted by molar-refractivity contribution is 5.95. The number of aromatic nitrogens is 2. The third-order valence-corrected chi connectivity index (χ3v) is 5.33. The highest BCUT2D eigenvalue weighted by atomic mass is 19.1. The fourth-order valence-electron chi connectivity index (χ4n) is 3.69. The molecule has 7 heteroatoms. The summed E-state index contributed by atoms with van der Waals surface area (Å²) in [5.74, 6) is 0.0154.